The summed E-state index contributed by atoms with van der Waals surface area (Å²) in [6, 6.07) is 10.9. The summed E-state index contributed by atoms with van der Waals surface area (Å²) in [6.07, 6.45) is 6.99. The van der Waals surface area contributed by atoms with Crippen molar-refractivity contribution in [3.05, 3.63) is 72.6 Å². The van der Waals surface area contributed by atoms with E-state index in [2.05, 4.69) is 36.2 Å². The van der Waals surface area contributed by atoms with E-state index in [1.807, 2.05) is 42.7 Å². The van der Waals surface area contributed by atoms with Gasteiger partial charge in [-0.05, 0) is 11.6 Å². The molecule has 9 nitrogen and oxygen atoms in total. The number of benzene rings is 1. The zero-order valence-corrected chi connectivity index (χ0v) is 17.9. The Morgan fingerprint density at radius 1 is 1.12 bits per heavy atom. The van der Waals surface area contributed by atoms with Crippen molar-refractivity contribution >= 4 is 22.6 Å². The molecule has 4 aromatic rings. The fraction of sp³-hybridized carbons (Fsp3) is 0.250. The van der Waals surface area contributed by atoms with Gasteiger partial charge in [0.2, 0.25) is 5.82 Å². The number of fused-ring (bicyclic) bond motifs is 1. The third-order valence-corrected chi connectivity index (χ3v) is 5.75. The molecule has 1 saturated heterocycles. The Bertz CT molecular complexity index is 1240. The average molecular weight is 444 g/mol. The number of anilines is 1. The van der Waals surface area contributed by atoms with Gasteiger partial charge in [-0.1, -0.05) is 30.3 Å². The van der Waals surface area contributed by atoms with Gasteiger partial charge in [0.05, 0.1) is 37.7 Å². The molecule has 0 aliphatic carbocycles. The number of nitrogens with one attached hydrogen (secondary N) is 2. The van der Waals surface area contributed by atoms with E-state index in [-0.39, 0.29) is 12.4 Å². The van der Waals surface area contributed by atoms with Crippen LogP contribution in [0.25, 0.3) is 22.2 Å². The first-order valence-electron chi connectivity index (χ1n) is 10.8. The van der Waals surface area contributed by atoms with E-state index < -0.39 is 11.9 Å². The van der Waals surface area contributed by atoms with Crippen LogP contribution >= 0.6 is 0 Å². The number of ether oxygens (including phenoxy) is 1. The van der Waals surface area contributed by atoms with Gasteiger partial charge >= 0.3 is 0 Å². The largest absolute Gasteiger partial charge is 0.394 e. The van der Waals surface area contributed by atoms with Gasteiger partial charge < -0.3 is 25.0 Å². The lowest BCUT2D eigenvalue weighted by Gasteiger charge is -2.28. The van der Waals surface area contributed by atoms with E-state index in [4.69, 9.17) is 4.74 Å². The molecule has 0 spiro atoms. The van der Waals surface area contributed by atoms with Crippen LogP contribution in [0.1, 0.15) is 22.2 Å². The minimum atomic E-state index is -0.528. The Labute approximate surface area is 190 Å². The fourth-order valence-electron chi connectivity index (χ4n) is 3.95. The minimum Gasteiger partial charge on any atom is -0.394 e. The lowest BCUT2D eigenvalue weighted by Crippen LogP contribution is -2.36. The minimum absolute atomic E-state index is 0.0418. The average Bonchev–Trinajstić information content (AvgIpc) is 3.31. The van der Waals surface area contributed by atoms with Crippen molar-refractivity contribution in [2.24, 2.45) is 0 Å². The van der Waals surface area contributed by atoms with Crippen molar-refractivity contribution in [2.45, 2.75) is 6.04 Å². The maximum atomic E-state index is 12.6. The molecule has 1 aliphatic heterocycles. The number of pyridine rings is 1. The predicted molar refractivity (Wildman–Crippen MR) is 124 cm³/mol. The Morgan fingerprint density at radius 2 is 1.88 bits per heavy atom. The lowest BCUT2D eigenvalue weighted by atomic mass is 10.1. The van der Waals surface area contributed by atoms with Crippen LogP contribution in [0.3, 0.4) is 0 Å². The second-order valence-electron chi connectivity index (χ2n) is 7.81. The maximum absolute atomic E-state index is 12.6. The summed E-state index contributed by atoms with van der Waals surface area (Å²) in [7, 11) is 0. The summed E-state index contributed by atoms with van der Waals surface area (Å²) in [5, 5.41) is 13.4. The number of carbonyl (C=O) groups excluding carboxylic acids is 1. The predicted octanol–water partition coefficient (Wildman–Crippen LogP) is 2.32. The number of aromatic amines is 1. The first-order chi connectivity index (χ1) is 16.2. The van der Waals surface area contributed by atoms with E-state index >= 15 is 0 Å². The van der Waals surface area contributed by atoms with Crippen LogP contribution in [0.5, 0.6) is 0 Å². The van der Waals surface area contributed by atoms with Crippen molar-refractivity contribution < 1.29 is 14.6 Å². The van der Waals surface area contributed by atoms with Crippen LogP contribution in [0.2, 0.25) is 0 Å². The summed E-state index contributed by atoms with van der Waals surface area (Å²) in [5.41, 5.74) is 4.32. The van der Waals surface area contributed by atoms with Crippen molar-refractivity contribution in [1.82, 2.24) is 25.3 Å². The number of rotatable bonds is 6. The molecule has 0 bridgehead atoms. The topological polar surface area (TPSA) is 116 Å². The van der Waals surface area contributed by atoms with Crippen LogP contribution < -0.4 is 10.2 Å². The van der Waals surface area contributed by atoms with E-state index in [1.165, 1.54) is 0 Å². The quantitative estimate of drug-likeness (QED) is 0.418. The molecule has 0 unspecified atom stereocenters. The molecule has 3 N–H and O–H groups in total. The van der Waals surface area contributed by atoms with Gasteiger partial charge in [0.15, 0.2) is 0 Å². The highest BCUT2D eigenvalue weighted by atomic mass is 16.5. The normalized spacial score (nSPS) is 14.9. The number of morpholine rings is 1. The van der Waals surface area contributed by atoms with Gasteiger partial charge in [-0.3, -0.25) is 4.79 Å². The van der Waals surface area contributed by atoms with E-state index in [0.717, 1.165) is 46.5 Å². The van der Waals surface area contributed by atoms with Crippen molar-refractivity contribution in [2.75, 3.05) is 37.8 Å². The highest BCUT2D eigenvalue weighted by molar-refractivity contribution is 5.95. The Kier molecular flexibility index (Phi) is 5.97. The Hall–Kier alpha value is -3.82. The third-order valence-electron chi connectivity index (χ3n) is 5.75. The zero-order valence-electron chi connectivity index (χ0n) is 17.9. The Balaban J connectivity index is 1.36. The molecule has 1 fully saturated rings. The zero-order chi connectivity index (χ0) is 22.6. The first-order valence-corrected chi connectivity index (χ1v) is 10.8. The van der Waals surface area contributed by atoms with Gasteiger partial charge in [0.1, 0.15) is 5.65 Å². The first kappa shape index (κ1) is 21.0. The summed E-state index contributed by atoms with van der Waals surface area (Å²) in [5.74, 6) is -0.403. The highest BCUT2D eigenvalue weighted by Gasteiger charge is 2.18. The van der Waals surface area contributed by atoms with Crippen LogP contribution in [-0.4, -0.2) is 63.9 Å². The molecule has 33 heavy (non-hydrogen) atoms. The van der Waals surface area contributed by atoms with Gasteiger partial charge in [-0.2, -0.15) is 0 Å². The molecule has 0 saturated carbocycles. The number of aromatic nitrogens is 4. The number of hydrogen-bond acceptors (Lipinski definition) is 7. The molecule has 9 heteroatoms. The maximum Gasteiger partial charge on any atom is 0.289 e. The number of hydrogen-bond donors (Lipinski definition) is 3. The van der Waals surface area contributed by atoms with E-state index in [1.54, 1.807) is 12.4 Å². The Morgan fingerprint density at radius 3 is 2.61 bits per heavy atom. The number of amides is 1. The monoisotopic (exact) mass is 444 g/mol. The summed E-state index contributed by atoms with van der Waals surface area (Å²) >= 11 is 0. The van der Waals surface area contributed by atoms with Crippen molar-refractivity contribution in [1.29, 1.82) is 0 Å². The molecule has 1 amide bonds. The molecule has 5 rings (SSSR count). The molecule has 1 atom stereocenters. The van der Waals surface area contributed by atoms with E-state index in [0.29, 0.717) is 13.2 Å². The van der Waals surface area contributed by atoms with Gasteiger partial charge in [-0.15, -0.1) is 0 Å². The summed E-state index contributed by atoms with van der Waals surface area (Å²) in [4.78, 5) is 31.2. The van der Waals surface area contributed by atoms with Gasteiger partial charge in [0, 0.05) is 48.2 Å². The molecular weight excluding hydrogens is 420 g/mol. The standard InChI is InChI=1S/C24H24N6O3/c31-15-21(16-4-2-1-3-5-16)29-24(32)23-25-11-17(12-26-23)20-14-28-22-19(20)10-18(13-27-22)30-6-8-33-9-7-30/h1-5,10-14,21,31H,6-9,15H2,(H,27,28)(H,29,32)/t21-/m0/s1. The van der Waals surface area contributed by atoms with Crippen LogP contribution in [0.4, 0.5) is 5.69 Å². The highest BCUT2D eigenvalue weighted by Crippen LogP contribution is 2.30. The lowest BCUT2D eigenvalue weighted by molar-refractivity contribution is 0.0905. The summed E-state index contributed by atoms with van der Waals surface area (Å²) < 4.78 is 5.44. The number of carbonyl (C=O) groups is 1. The van der Waals surface area contributed by atoms with Crippen molar-refractivity contribution in [3.8, 4) is 11.1 Å². The number of nitrogens with zero attached hydrogens (tertiary/aromatic N) is 4. The molecule has 0 radical (unpaired) electrons. The van der Waals surface area contributed by atoms with Gasteiger partial charge in [0.25, 0.3) is 5.91 Å². The third kappa shape index (κ3) is 4.41. The molecule has 1 aliphatic rings. The van der Waals surface area contributed by atoms with Crippen molar-refractivity contribution in [3.63, 3.8) is 0 Å². The molecule has 168 valence electrons. The second kappa shape index (κ2) is 9.35. The smallest absolute Gasteiger partial charge is 0.289 e. The second-order valence-corrected chi connectivity index (χ2v) is 7.81. The number of H-pyrrole nitrogens is 1. The number of aliphatic hydroxyl groups is 1. The number of aliphatic hydroxyl groups excluding tert-OH is 1. The van der Waals surface area contributed by atoms with Crippen LogP contribution in [-0.2, 0) is 4.74 Å². The molecule has 4 heterocycles. The summed E-state index contributed by atoms with van der Waals surface area (Å²) in [6.45, 7) is 2.85. The van der Waals surface area contributed by atoms with E-state index in [9.17, 15) is 9.90 Å². The fourth-order valence-corrected chi connectivity index (χ4v) is 3.95. The van der Waals surface area contributed by atoms with Gasteiger partial charge in [-0.25, -0.2) is 15.0 Å². The van der Waals surface area contributed by atoms with Crippen LogP contribution in [0.15, 0.2) is 61.2 Å². The SMILES string of the molecule is O=C(N[C@@H](CO)c1ccccc1)c1ncc(-c2c[nH]c3ncc(N4CCOCC4)cc23)cn1. The van der Waals surface area contributed by atoms with Crippen LogP contribution in [0, 0.1) is 0 Å². The molecule has 3 aromatic heterocycles. The molecule has 1 aromatic carbocycles. The molecular formula is C24H24N6O3.